The Morgan fingerprint density at radius 1 is 1.19 bits per heavy atom. The van der Waals surface area contributed by atoms with E-state index in [0.29, 0.717) is 21.9 Å². The number of aromatic nitrogens is 3. The number of benzene rings is 1. The Morgan fingerprint density at radius 2 is 2.00 bits per heavy atom. The number of nitrogens with one attached hydrogen (secondary N) is 1. The number of sulfonamides is 1. The zero-order valence-corrected chi connectivity index (χ0v) is 12.6. The first-order chi connectivity index (χ1) is 9.95. The van der Waals surface area contributed by atoms with Crippen molar-refractivity contribution in [3.63, 3.8) is 0 Å². The number of hydrogen-bond acceptors (Lipinski definition) is 4. The van der Waals surface area contributed by atoms with Gasteiger partial charge in [-0.25, -0.2) is 13.4 Å². The number of hydrogen-bond donors (Lipinski definition) is 1. The normalized spacial score (nSPS) is 11.7. The second kappa shape index (κ2) is 5.01. The fraction of sp³-hybridized carbons (Fsp3) is 0.0769. The third kappa shape index (κ3) is 2.70. The Bertz CT molecular complexity index is 921. The van der Waals surface area contributed by atoms with Crippen molar-refractivity contribution in [2.75, 3.05) is 4.72 Å². The van der Waals surface area contributed by atoms with Crippen molar-refractivity contribution in [3.05, 3.63) is 47.7 Å². The smallest absolute Gasteiger partial charge is 0.263 e. The molecule has 0 radical (unpaired) electrons. The van der Waals surface area contributed by atoms with E-state index < -0.39 is 10.0 Å². The molecule has 0 aliphatic heterocycles. The summed E-state index contributed by atoms with van der Waals surface area (Å²) >= 11 is 5.81. The van der Waals surface area contributed by atoms with E-state index in [1.165, 1.54) is 16.9 Å². The van der Waals surface area contributed by atoms with Crippen LogP contribution in [0.3, 0.4) is 0 Å². The van der Waals surface area contributed by atoms with Gasteiger partial charge in [0, 0.05) is 18.5 Å². The summed E-state index contributed by atoms with van der Waals surface area (Å²) in [5.41, 5.74) is 0.641. The minimum atomic E-state index is -3.68. The molecular formula is C13H11ClN4O2S. The molecule has 1 aromatic carbocycles. The molecule has 0 unspecified atom stereocenters. The average Bonchev–Trinajstić information content (AvgIpc) is 2.83. The zero-order valence-electron chi connectivity index (χ0n) is 11.0. The van der Waals surface area contributed by atoms with Crippen molar-refractivity contribution < 1.29 is 8.42 Å². The predicted octanol–water partition coefficient (Wildman–Crippen LogP) is 2.42. The lowest BCUT2D eigenvalue weighted by Crippen LogP contribution is -2.15. The number of aryl methyl sites for hydroxylation is 1. The Balaban J connectivity index is 2.02. The van der Waals surface area contributed by atoms with Crippen LogP contribution in [0.15, 0.2) is 47.5 Å². The summed E-state index contributed by atoms with van der Waals surface area (Å²) < 4.78 is 28.7. The summed E-state index contributed by atoms with van der Waals surface area (Å²) in [7, 11) is -2.02. The molecule has 0 saturated carbocycles. The quantitative estimate of drug-likeness (QED) is 0.751. The number of pyridine rings is 1. The van der Waals surface area contributed by atoms with Crippen LogP contribution >= 0.6 is 11.6 Å². The van der Waals surface area contributed by atoms with E-state index in [9.17, 15) is 8.42 Å². The Morgan fingerprint density at radius 3 is 2.71 bits per heavy atom. The van der Waals surface area contributed by atoms with E-state index in [1.54, 1.807) is 37.4 Å². The molecular weight excluding hydrogens is 312 g/mol. The van der Waals surface area contributed by atoms with E-state index in [2.05, 4.69) is 14.8 Å². The van der Waals surface area contributed by atoms with Gasteiger partial charge in [-0.1, -0.05) is 11.6 Å². The lowest BCUT2D eigenvalue weighted by atomic mass is 10.2. The molecule has 0 spiro atoms. The van der Waals surface area contributed by atoms with Crippen molar-refractivity contribution in [2.45, 2.75) is 4.90 Å². The van der Waals surface area contributed by atoms with Gasteiger partial charge in [0.05, 0.1) is 16.6 Å². The first-order valence-electron chi connectivity index (χ1n) is 6.03. The molecule has 0 amide bonds. The van der Waals surface area contributed by atoms with E-state index >= 15 is 0 Å². The van der Waals surface area contributed by atoms with Crippen molar-refractivity contribution in [2.24, 2.45) is 7.05 Å². The molecule has 0 fully saturated rings. The van der Waals surface area contributed by atoms with Crippen LogP contribution in [0.5, 0.6) is 0 Å². The van der Waals surface area contributed by atoms with Crippen LogP contribution in [0, 0.1) is 0 Å². The topological polar surface area (TPSA) is 76.9 Å². The number of fused-ring (bicyclic) bond motifs is 1. The molecule has 108 valence electrons. The molecule has 0 atom stereocenters. The molecule has 0 aliphatic rings. The van der Waals surface area contributed by atoms with E-state index in [-0.39, 0.29) is 4.90 Å². The predicted molar refractivity (Wildman–Crippen MR) is 80.8 cm³/mol. The maximum Gasteiger partial charge on any atom is 0.263 e. The maximum atomic E-state index is 12.4. The third-order valence-corrected chi connectivity index (χ3v) is 4.56. The highest BCUT2D eigenvalue weighted by Gasteiger charge is 2.16. The minimum absolute atomic E-state index is 0.153. The standard InChI is InChI=1S/C13H11ClN4O2S/c1-18-13(6-7-15-18)17-21(19,20)10-3-4-11-9(8-10)2-5-12(14)16-11/h2-8,17H,1H3. The molecule has 0 saturated heterocycles. The zero-order chi connectivity index (χ0) is 15.0. The Hall–Kier alpha value is -2.12. The molecule has 3 rings (SSSR count). The number of halogens is 1. The van der Waals surface area contributed by atoms with Crippen LogP contribution in [0.4, 0.5) is 5.82 Å². The minimum Gasteiger partial charge on any atom is -0.264 e. The molecule has 1 N–H and O–H groups in total. The van der Waals surface area contributed by atoms with E-state index in [4.69, 9.17) is 11.6 Å². The van der Waals surface area contributed by atoms with Crippen LogP contribution in [-0.2, 0) is 17.1 Å². The number of rotatable bonds is 3. The van der Waals surface area contributed by atoms with Crippen LogP contribution in [-0.4, -0.2) is 23.2 Å². The van der Waals surface area contributed by atoms with Gasteiger partial charge in [-0.05, 0) is 30.3 Å². The van der Waals surface area contributed by atoms with Gasteiger partial charge in [0.25, 0.3) is 10.0 Å². The van der Waals surface area contributed by atoms with Gasteiger partial charge in [-0.2, -0.15) is 5.10 Å². The van der Waals surface area contributed by atoms with Gasteiger partial charge in [0.15, 0.2) is 0 Å². The van der Waals surface area contributed by atoms with Gasteiger partial charge in [-0.3, -0.25) is 9.40 Å². The average molecular weight is 323 g/mol. The van der Waals surface area contributed by atoms with Gasteiger partial charge in [0.1, 0.15) is 11.0 Å². The van der Waals surface area contributed by atoms with Crippen molar-refractivity contribution in [1.82, 2.24) is 14.8 Å². The summed E-state index contributed by atoms with van der Waals surface area (Å²) in [5, 5.41) is 4.99. The molecule has 0 aliphatic carbocycles. The summed E-state index contributed by atoms with van der Waals surface area (Å²) in [6.45, 7) is 0. The first-order valence-corrected chi connectivity index (χ1v) is 7.89. The summed E-state index contributed by atoms with van der Waals surface area (Å²) in [4.78, 5) is 4.28. The molecule has 8 heteroatoms. The summed E-state index contributed by atoms with van der Waals surface area (Å²) in [6.07, 6.45) is 1.52. The largest absolute Gasteiger partial charge is 0.264 e. The number of nitrogens with zero attached hydrogens (tertiary/aromatic N) is 3. The third-order valence-electron chi connectivity index (χ3n) is 3.00. The molecule has 0 bridgehead atoms. The first kappa shape index (κ1) is 13.8. The van der Waals surface area contributed by atoms with Crippen molar-refractivity contribution in [3.8, 4) is 0 Å². The van der Waals surface area contributed by atoms with Crippen LogP contribution in [0.2, 0.25) is 5.15 Å². The molecule has 3 aromatic rings. The fourth-order valence-electron chi connectivity index (χ4n) is 1.92. The van der Waals surface area contributed by atoms with Crippen LogP contribution < -0.4 is 4.72 Å². The molecule has 2 aromatic heterocycles. The summed E-state index contributed by atoms with van der Waals surface area (Å²) in [5.74, 6) is 0.393. The van der Waals surface area contributed by atoms with Crippen molar-refractivity contribution >= 4 is 38.3 Å². The second-order valence-electron chi connectivity index (χ2n) is 4.43. The van der Waals surface area contributed by atoms with Crippen LogP contribution in [0.1, 0.15) is 0 Å². The lowest BCUT2D eigenvalue weighted by molar-refractivity contribution is 0.600. The van der Waals surface area contributed by atoms with Gasteiger partial charge < -0.3 is 0 Å². The van der Waals surface area contributed by atoms with E-state index in [1.807, 2.05) is 0 Å². The van der Waals surface area contributed by atoms with Gasteiger partial charge in [0.2, 0.25) is 0 Å². The van der Waals surface area contributed by atoms with Crippen LogP contribution in [0.25, 0.3) is 10.9 Å². The van der Waals surface area contributed by atoms with Crippen molar-refractivity contribution in [1.29, 1.82) is 0 Å². The maximum absolute atomic E-state index is 12.4. The summed E-state index contributed by atoms with van der Waals surface area (Å²) in [6, 6.07) is 9.60. The highest BCUT2D eigenvalue weighted by molar-refractivity contribution is 7.92. The number of anilines is 1. The SMILES string of the molecule is Cn1nccc1NS(=O)(=O)c1ccc2nc(Cl)ccc2c1. The monoisotopic (exact) mass is 322 g/mol. The Kier molecular flexibility index (Phi) is 3.30. The second-order valence-corrected chi connectivity index (χ2v) is 6.50. The highest BCUT2D eigenvalue weighted by atomic mass is 35.5. The van der Waals surface area contributed by atoms with Gasteiger partial charge in [-0.15, -0.1) is 0 Å². The highest BCUT2D eigenvalue weighted by Crippen LogP contribution is 2.21. The molecule has 6 nitrogen and oxygen atoms in total. The lowest BCUT2D eigenvalue weighted by Gasteiger charge is -2.08. The Labute approximate surface area is 126 Å². The molecule has 21 heavy (non-hydrogen) atoms. The van der Waals surface area contributed by atoms with Gasteiger partial charge >= 0.3 is 0 Å². The van der Waals surface area contributed by atoms with E-state index in [0.717, 1.165) is 0 Å². The molecule has 2 heterocycles. The fourth-order valence-corrected chi connectivity index (χ4v) is 3.19.